The number of hydrogen-bond acceptors (Lipinski definition) is 3. The summed E-state index contributed by atoms with van der Waals surface area (Å²) in [5.74, 6) is 0. The number of fused-ring (bicyclic) bond motifs is 1. The van der Waals surface area contributed by atoms with Crippen LogP contribution < -0.4 is 4.74 Å². The Bertz CT molecular complexity index is 466. The lowest BCUT2D eigenvalue weighted by Crippen LogP contribution is -2.00. The van der Waals surface area contributed by atoms with Gasteiger partial charge in [-0.15, -0.1) is 0 Å². The van der Waals surface area contributed by atoms with Crippen LogP contribution in [0.4, 0.5) is 0 Å². The lowest BCUT2D eigenvalue weighted by atomic mass is 10.2. The van der Waals surface area contributed by atoms with Crippen molar-refractivity contribution < 1.29 is 4.74 Å². The average Bonchev–Trinajstić information content (AvgIpc) is 3.02. The average molecular weight is 186 g/mol. The van der Waals surface area contributed by atoms with Gasteiger partial charge < -0.3 is 4.74 Å². The smallest absolute Gasteiger partial charge is 0.317 e. The van der Waals surface area contributed by atoms with Crippen LogP contribution in [-0.4, -0.2) is 16.1 Å². The molecule has 14 heavy (non-hydrogen) atoms. The summed E-state index contributed by atoms with van der Waals surface area (Å²) in [4.78, 5) is 8.48. The summed E-state index contributed by atoms with van der Waals surface area (Å²) in [6, 6.07) is 8.42. The van der Waals surface area contributed by atoms with Crippen molar-refractivity contribution in [3.05, 3.63) is 30.5 Å². The van der Waals surface area contributed by atoms with Crippen molar-refractivity contribution in [1.29, 1.82) is 0 Å². The number of nitrogens with zero attached hydrogens (tertiary/aromatic N) is 2. The van der Waals surface area contributed by atoms with E-state index >= 15 is 0 Å². The summed E-state index contributed by atoms with van der Waals surface area (Å²) in [5.41, 5.74) is 0.943. The second kappa shape index (κ2) is 2.94. The largest absolute Gasteiger partial charge is 0.460 e. The molecular formula is C11H10N2O. The molecule has 0 unspecified atom stereocenters. The Morgan fingerprint density at radius 1 is 1.21 bits per heavy atom. The van der Waals surface area contributed by atoms with Gasteiger partial charge in [0.1, 0.15) is 6.10 Å². The molecule has 3 rings (SSSR count). The summed E-state index contributed by atoms with van der Waals surface area (Å²) in [5, 5.41) is 1.05. The Balaban J connectivity index is 2.01. The summed E-state index contributed by atoms with van der Waals surface area (Å²) in [6.45, 7) is 0. The van der Waals surface area contributed by atoms with E-state index in [1.807, 2.05) is 24.3 Å². The van der Waals surface area contributed by atoms with Gasteiger partial charge in [0.05, 0.1) is 5.52 Å². The fraction of sp³-hybridized carbons (Fsp3) is 0.273. The molecule has 1 fully saturated rings. The third-order valence-electron chi connectivity index (χ3n) is 2.26. The SMILES string of the molecule is c1ccc2nc(OC3CC3)ncc2c1. The summed E-state index contributed by atoms with van der Waals surface area (Å²) in [7, 11) is 0. The van der Waals surface area contributed by atoms with Crippen LogP contribution in [0.5, 0.6) is 6.01 Å². The maximum Gasteiger partial charge on any atom is 0.317 e. The minimum atomic E-state index is 0.358. The fourth-order valence-corrected chi connectivity index (χ4v) is 1.35. The number of hydrogen-bond donors (Lipinski definition) is 0. The molecule has 1 aromatic carbocycles. The van der Waals surface area contributed by atoms with Crippen molar-refractivity contribution in [1.82, 2.24) is 9.97 Å². The molecule has 70 valence electrons. The highest BCUT2D eigenvalue weighted by atomic mass is 16.5. The van der Waals surface area contributed by atoms with Crippen LogP contribution in [0.2, 0.25) is 0 Å². The van der Waals surface area contributed by atoms with Gasteiger partial charge in [0.25, 0.3) is 0 Å². The molecule has 1 aliphatic carbocycles. The van der Waals surface area contributed by atoms with Crippen molar-refractivity contribution in [2.75, 3.05) is 0 Å². The molecular weight excluding hydrogens is 176 g/mol. The summed E-state index contributed by atoms with van der Waals surface area (Å²) in [6.07, 6.45) is 4.43. The van der Waals surface area contributed by atoms with E-state index < -0.39 is 0 Å². The number of benzene rings is 1. The van der Waals surface area contributed by atoms with E-state index in [2.05, 4.69) is 9.97 Å². The van der Waals surface area contributed by atoms with Crippen molar-refractivity contribution in [3.63, 3.8) is 0 Å². The van der Waals surface area contributed by atoms with Crippen molar-refractivity contribution in [3.8, 4) is 6.01 Å². The van der Waals surface area contributed by atoms with Gasteiger partial charge >= 0.3 is 6.01 Å². The Labute approximate surface area is 81.8 Å². The van der Waals surface area contributed by atoms with Gasteiger partial charge in [-0.1, -0.05) is 18.2 Å². The highest BCUT2D eigenvalue weighted by Gasteiger charge is 2.24. The van der Waals surface area contributed by atoms with E-state index in [9.17, 15) is 0 Å². The number of para-hydroxylation sites is 1. The van der Waals surface area contributed by atoms with E-state index in [4.69, 9.17) is 4.74 Å². The molecule has 0 amide bonds. The van der Waals surface area contributed by atoms with E-state index in [1.165, 1.54) is 0 Å². The molecule has 1 saturated carbocycles. The van der Waals surface area contributed by atoms with Crippen LogP contribution in [0.1, 0.15) is 12.8 Å². The maximum atomic E-state index is 5.51. The van der Waals surface area contributed by atoms with Crippen LogP contribution in [0, 0.1) is 0 Å². The lowest BCUT2D eigenvalue weighted by molar-refractivity contribution is 0.279. The molecule has 1 aliphatic rings. The lowest BCUT2D eigenvalue weighted by Gasteiger charge is -2.02. The minimum Gasteiger partial charge on any atom is -0.460 e. The van der Waals surface area contributed by atoms with Crippen LogP contribution in [-0.2, 0) is 0 Å². The second-order valence-corrected chi connectivity index (χ2v) is 3.53. The van der Waals surface area contributed by atoms with Crippen LogP contribution >= 0.6 is 0 Å². The molecule has 1 aromatic heterocycles. The molecule has 0 aliphatic heterocycles. The van der Waals surface area contributed by atoms with E-state index in [0.29, 0.717) is 12.1 Å². The van der Waals surface area contributed by atoms with Crippen LogP contribution in [0.3, 0.4) is 0 Å². The third kappa shape index (κ3) is 1.41. The molecule has 0 N–H and O–H groups in total. The molecule has 2 aromatic rings. The molecule has 3 heteroatoms. The number of ether oxygens (including phenoxy) is 1. The molecule has 0 spiro atoms. The van der Waals surface area contributed by atoms with Gasteiger partial charge in [-0.05, 0) is 18.9 Å². The molecule has 0 saturated heterocycles. The van der Waals surface area contributed by atoms with Gasteiger partial charge in [0, 0.05) is 11.6 Å². The first-order valence-electron chi connectivity index (χ1n) is 4.80. The Hall–Kier alpha value is -1.64. The van der Waals surface area contributed by atoms with Gasteiger partial charge in [-0.3, -0.25) is 0 Å². The molecule has 3 nitrogen and oxygen atoms in total. The van der Waals surface area contributed by atoms with Crippen molar-refractivity contribution in [2.24, 2.45) is 0 Å². The number of aromatic nitrogens is 2. The highest BCUT2D eigenvalue weighted by Crippen LogP contribution is 2.25. The minimum absolute atomic E-state index is 0.358. The van der Waals surface area contributed by atoms with Gasteiger partial charge in [0.2, 0.25) is 0 Å². The van der Waals surface area contributed by atoms with Gasteiger partial charge in [-0.2, -0.15) is 4.98 Å². The quantitative estimate of drug-likeness (QED) is 0.721. The topological polar surface area (TPSA) is 35.0 Å². The number of rotatable bonds is 2. The van der Waals surface area contributed by atoms with Gasteiger partial charge in [-0.25, -0.2) is 4.98 Å². The first-order valence-corrected chi connectivity index (χ1v) is 4.80. The predicted molar refractivity (Wildman–Crippen MR) is 53.2 cm³/mol. The van der Waals surface area contributed by atoms with Crippen LogP contribution in [0.25, 0.3) is 10.9 Å². The zero-order valence-corrected chi connectivity index (χ0v) is 7.68. The Morgan fingerprint density at radius 3 is 2.93 bits per heavy atom. The fourth-order valence-electron chi connectivity index (χ4n) is 1.35. The molecule has 0 atom stereocenters. The second-order valence-electron chi connectivity index (χ2n) is 3.53. The Morgan fingerprint density at radius 2 is 2.07 bits per heavy atom. The maximum absolute atomic E-state index is 5.51. The summed E-state index contributed by atoms with van der Waals surface area (Å²) >= 11 is 0. The molecule has 1 heterocycles. The van der Waals surface area contributed by atoms with Crippen molar-refractivity contribution in [2.45, 2.75) is 18.9 Å². The Kier molecular flexibility index (Phi) is 1.63. The highest BCUT2D eigenvalue weighted by molar-refractivity contribution is 5.77. The van der Waals surface area contributed by atoms with Gasteiger partial charge in [0.15, 0.2) is 0 Å². The third-order valence-corrected chi connectivity index (χ3v) is 2.26. The van der Waals surface area contributed by atoms with E-state index in [-0.39, 0.29) is 0 Å². The zero-order chi connectivity index (χ0) is 9.38. The normalized spacial score (nSPS) is 15.7. The summed E-state index contributed by atoms with van der Waals surface area (Å²) < 4.78 is 5.51. The predicted octanol–water partition coefficient (Wildman–Crippen LogP) is 2.17. The first kappa shape index (κ1) is 7.74. The van der Waals surface area contributed by atoms with E-state index in [1.54, 1.807) is 6.20 Å². The first-order chi connectivity index (χ1) is 6.92. The standard InChI is InChI=1S/C11H10N2O/c1-2-4-10-8(3-1)7-12-11(13-10)14-9-5-6-9/h1-4,7,9H,5-6H2. The van der Waals surface area contributed by atoms with Crippen molar-refractivity contribution >= 4 is 10.9 Å². The molecule has 0 radical (unpaired) electrons. The molecule has 0 bridgehead atoms. The monoisotopic (exact) mass is 186 g/mol. The van der Waals surface area contributed by atoms with E-state index in [0.717, 1.165) is 23.7 Å². The van der Waals surface area contributed by atoms with Crippen LogP contribution in [0.15, 0.2) is 30.5 Å². The zero-order valence-electron chi connectivity index (χ0n) is 7.68.